The van der Waals surface area contributed by atoms with Crippen LogP contribution in [0.4, 0.5) is 14.5 Å². The number of benzene rings is 2. The number of alkyl halides is 2. The van der Waals surface area contributed by atoms with E-state index in [-0.39, 0.29) is 22.6 Å². The highest BCUT2D eigenvalue weighted by Gasteiger charge is 2.22. The Morgan fingerprint density at radius 2 is 1.67 bits per heavy atom. The van der Waals surface area contributed by atoms with Gasteiger partial charge in [-0.2, -0.15) is 5.10 Å². The molecule has 2 aromatic carbocycles. The first-order valence-electron chi connectivity index (χ1n) is 9.79. The lowest BCUT2D eigenvalue weighted by Crippen LogP contribution is -2.13. The smallest absolute Gasteiger partial charge is 0.280 e. The van der Waals surface area contributed by atoms with Gasteiger partial charge in [-0.25, -0.2) is 18.3 Å². The van der Waals surface area contributed by atoms with Gasteiger partial charge in [-0.3, -0.25) is 4.79 Å². The van der Waals surface area contributed by atoms with E-state index in [1.807, 2.05) is 0 Å². The molecule has 170 valence electrons. The molecule has 33 heavy (non-hydrogen) atoms. The van der Waals surface area contributed by atoms with Gasteiger partial charge in [0.2, 0.25) is 0 Å². The molecule has 0 aliphatic carbocycles. The van der Waals surface area contributed by atoms with Crippen LogP contribution in [0.1, 0.15) is 22.5 Å². The predicted octanol–water partition coefficient (Wildman–Crippen LogP) is 4.61. The van der Waals surface area contributed by atoms with Crippen molar-refractivity contribution in [2.75, 3.05) is 26.6 Å². The number of aromatic nitrogens is 3. The first-order chi connectivity index (χ1) is 15.9. The van der Waals surface area contributed by atoms with Crippen LogP contribution < -0.4 is 19.5 Å². The number of nitrogens with zero attached hydrogens (tertiary/aromatic N) is 3. The molecule has 8 nitrogen and oxygen atoms in total. The monoisotopic (exact) mass is 454 g/mol. The fourth-order valence-electron chi connectivity index (χ4n) is 3.31. The Bertz CT molecular complexity index is 1310. The Morgan fingerprint density at radius 1 is 0.970 bits per heavy atom. The van der Waals surface area contributed by atoms with Gasteiger partial charge < -0.3 is 19.5 Å². The fourth-order valence-corrected chi connectivity index (χ4v) is 3.31. The van der Waals surface area contributed by atoms with Crippen LogP contribution in [0.5, 0.6) is 17.2 Å². The summed E-state index contributed by atoms with van der Waals surface area (Å²) in [5, 5.41) is 6.69. The highest BCUT2D eigenvalue weighted by molar-refractivity contribution is 6.09. The number of carbonyl (C=O) groups is 1. The lowest BCUT2D eigenvalue weighted by molar-refractivity contribution is 0.102. The van der Waals surface area contributed by atoms with Crippen LogP contribution in [0.25, 0.3) is 16.9 Å². The molecular formula is C23H20F2N4O4. The number of halogens is 2. The van der Waals surface area contributed by atoms with E-state index in [0.29, 0.717) is 28.5 Å². The Balaban J connectivity index is 1.78. The maximum Gasteiger partial charge on any atom is 0.280 e. The number of hydrogen-bond acceptors (Lipinski definition) is 6. The van der Waals surface area contributed by atoms with Crippen LogP contribution in [0.15, 0.2) is 54.7 Å². The summed E-state index contributed by atoms with van der Waals surface area (Å²) >= 11 is 0. The van der Waals surface area contributed by atoms with Gasteiger partial charge in [0.15, 0.2) is 5.65 Å². The first-order valence-corrected chi connectivity index (χ1v) is 9.79. The lowest BCUT2D eigenvalue weighted by Gasteiger charge is -2.12. The summed E-state index contributed by atoms with van der Waals surface area (Å²) in [7, 11) is 4.49. The molecule has 2 aromatic heterocycles. The first kappa shape index (κ1) is 22.0. The zero-order chi connectivity index (χ0) is 23.5. The SMILES string of the molecule is COc1ccc(-c2cc(C(F)F)n3ncc(C(=O)Nc4cc(OC)ccc4OC)c3n2)cc1. The molecule has 0 aliphatic rings. The maximum absolute atomic E-state index is 13.8. The number of nitrogens with one attached hydrogen (secondary N) is 1. The Hall–Kier alpha value is -4.21. The largest absolute Gasteiger partial charge is 0.497 e. The molecule has 1 amide bonds. The van der Waals surface area contributed by atoms with Gasteiger partial charge in [-0.1, -0.05) is 0 Å². The molecule has 0 unspecified atom stereocenters. The van der Waals surface area contributed by atoms with Crippen LogP contribution >= 0.6 is 0 Å². The van der Waals surface area contributed by atoms with E-state index in [4.69, 9.17) is 14.2 Å². The van der Waals surface area contributed by atoms with Crippen molar-refractivity contribution in [1.29, 1.82) is 0 Å². The van der Waals surface area contributed by atoms with Gasteiger partial charge in [-0.05, 0) is 42.5 Å². The molecule has 0 fully saturated rings. The van der Waals surface area contributed by atoms with E-state index in [2.05, 4.69) is 15.4 Å². The van der Waals surface area contributed by atoms with E-state index in [1.54, 1.807) is 42.5 Å². The van der Waals surface area contributed by atoms with Crippen LogP contribution in [-0.4, -0.2) is 41.8 Å². The molecule has 1 N–H and O–H groups in total. The van der Waals surface area contributed by atoms with E-state index >= 15 is 0 Å². The number of fused-ring (bicyclic) bond motifs is 1. The number of rotatable bonds is 7. The Morgan fingerprint density at radius 3 is 2.30 bits per heavy atom. The zero-order valence-electron chi connectivity index (χ0n) is 18.0. The van der Waals surface area contributed by atoms with Crippen molar-refractivity contribution in [2.24, 2.45) is 0 Å². The average Bonchev–Trinajstić information content (AvgIpc) is 3.27. The maximum atomic E-state index is 13.8. The summed E-state index contributed by atoms with van der Waals surface area (Å²) in [6.45, 7) is 0. The highest BCUT2D eigenvalue weighted by atomic mass is 19.3. The Labute approximate surface area is 187 Å². The number of ether oxygens (including phenoxy) is 3. The molecule has 0 spiro atoms. The molecule has 0 atom stereocenters. The van der Waals surface area contributed by atoms with Crippen molar-refractivity contribution in [2.45, 2.75) is 6.43 Å². The predicted molar refractivity (Wildman–Crippen MR) is 117 cm³/mol. The normalized spacial score (nSPS) is 11.0. The zero-order valence-corrected chi connectivity index (χ0v) is 18.0. The average molecular weight is 454 g/mol. The van der Waals surface area contributed by atoms with Gasteiger partial charge in [0.25, 0.3) is 12.3 Å². The van der Waals surface area contributed by atoms with E-state index in [9.17, 15) is 13.6 Å². The molecule has 2 heterocycles. The third-order valence-corrected chi connectivity index (χ3v) is 5.01. The topological polar surface area (TPSA) is 87.0 Å². The van der Waals surface area contributed by atoms with Crippen molar-refractivity contribution in [3.8, 4) is 28.5 Å². The van der Waals surface area contributed by atoms with Crippen LogP contribution in [0, 0.1) is 0 Å². The number of amides is 1. The number of methoxy groups -OCH3 is 3. The van der Waals surface area contributed by atoms with Crippen molar-refractivity contribution in [3.05, 3.63) is 66.0 Å². The van der Waals surface area contributed by atoms with Gasteiger partial charge in [-0.15, -0.1) is 0 Å². The molecule has 10 heteroatoms. The molecule has 0 bridgehead atoms. The van der Waals surface area contributed by atoms with E-state index < -0.39 is 12.3 Å². The standard InChI is InChI=1S/C23H20F2N4O4/c1-31-14-6-4-13(5-7-14)17-11-19(21(24)25)29-22(27-17)16(12-26-29)23(30)28-18-10-15(32-2)8-9-20(18)33-3/h4-12,21H,1-3H3,(H,28,30). The van der Waals surface area contributed by atoms with Gasteiger partial charge in [0.1, 0.15) is 28.5 Å². The van der Waals surface area contributed by atoms with Crippen molar-refractivity contribution in [1.82, 2.24) is 14.6 Å². The summed E-state index contributed by atoms with van der Waals surface area (Å²) in [4.78, 5) is 17.5. The third kappa shape index (κ3) is 4.27. The van der Waals surface area contributed by atoms with Gasteiger partial charge in [0.05, 0.1) is 38.9 Å². The highest BCUT2D eigenvalue weighted by Crippen LogP contribution is 2.31. The third-order valence-electron chi connectivity index (χ3n) is 5.01. The number of carbonyl (C=O) groups excluding carboxylic acids is 1. The minimum atomic E-state index is -2.83. The van der Waals surface area contributed by atoms with Crippen molar-refractivity contribution >= 4 is 17.2 Å². The second kappa shape index (κ2) is 9.11. The van der Waals surface area contributed by atoms with Gasteiger partial charge in [0, 0.05) is 11.6 Å². The molecule has 4 aromatic rings. The fraction of sp³-hybridized carbons (Fsp3) is 0.174. The second-order valence-electron chi connectivity index (χ2n) is 6.91. The van der Waals surface area contributed by atoms with E-state index in [0.717, 1.165) is 4.52 Å². The molecule has 0 aliphatic heterocycles. The summed E-state index contributed by atoms with van der Waals surface area (Å²) in [5.74, 6) is 0.938. The molecule has 0 radical (unpaired) electrons. The molecule has 4 rings (SSSR count). The lowest BCUT2D eigenvalue weighted by atomic mass is 10.1. The minimum absolute atomic E-state index is 0.00187. The quantitative estimate of drug-likeness (QED) is 0.439. The summed E-state index contributed by atoms with van der Waals surface area (Å²) in [6.07, 6.45) is -1.63. The molecule has 0 saturated carbocycles. The second-order valence-corrected chi connectivity index (χ2v) is 6.91. The van der Waals surface area contributed by atoms with Crippen molar-refractivity contribution in [3.63, 3.8) is 0 Å². The molecular weight excluding hydrogens is 434 g/mol. The van der Waals surface area contributed by atoms with E-state index in [1.165, 1.54) is 33.6 Å². The van der Waals surface area contributed by atoms with Gasteiger partial charge >= 0.3 is 0 Å². The number of hydrogen-bond donors (Lipinski definition) is 1. The van der Waals surface area contributed by atoms with Crippen molar-refractivity contribution < 1.29 is 27.8 Å². The minimum Gasteiger partial charge on any atom is -0.497 e. The van der Waals surface area contributed by atoms with Crippen LogP contribution in [-0.2, 0) is 0 Å². The Kier molecular flexibility index (Phi) is 6.07. The van der Waals surface area contributed by atoms with Crippen LogP contribution in [0.2, 0.25) is 0 Å². The summed E-state index contributed by atoms with van der Waals surface area (Å²) in [6, 6.07) is 12.9. The molecule has 0 saturated heterocycles. The van der Waals surface area contributed by atoms with Crippen LogP contribution in [0.3, 0.4) is 0 Å². The summed E-state index contributed by atoms with van der Waals surface area (Å²) < 4.78 is 44.2. The summed E-state index contributed by atoms with van der Waals surface area (Å²) in [5.41, 5.74) is 0.844. The number of anilines is 1.